The molecular weight excluding hydrogens is 209 g/mol. The van der Waals surface area contributed by atoms with E-state index >= 15 is 0 Å². The van der Waals surface area contributed by atoms with Gasteiger partial charge in [-0.05, 0) is 12.8 Å². The summed E-state index contributed by atoms with van der Waals surface area (Å²) in [7, 11) is 0. The Morgan fingerprint density at radius 3 is 2.67 bits per heavy atom. The molecule has 1 saturated carbocycles. The van der Waals surface area contributed by atoms with Crippen LogP contribution < -0.4 is 0 Å². The second-order valence-corrected chi connectivity index (χ2v) is 3.34. The third kappa shape index (κ3) is 1.25. The van der Waals surface area contributed by atoms with Gasteiger partial charge < -0.3 is 5.11 Å². The summed E-state index contributed by atoms with van der Waals surface area (Å²) >= 11 is 0. The number of aliphatic carboxylic acids is 1. The first-order valence-electron chi connectivity index (χ1n) is 4.11. The van der Waals surface area contributed by atoms with E-state index in [1.807, 2.05) is 0 Å². The lowest BCUT2D eigenvalue weighted by Crippen LogP contribution is -2.27. The molecule has 0 aliphatic heterocycles. The van der Waals surface area contributed by atoms with Gasteiger partial charge >= 0.3 is 17.6 Å². The molecule has 0 saturated heterocycles. The summed E-state index contributed by atoms with van der Waals surface area (Å²) in [5.41, 5.74) is -2.09. The second-order valence-electron chi connectivity index (χ2n) is 3.34. The summed E-state index contributed by atoms with van der Waals surface area (Å²) in [6.07, 6.45) is 1.43. The highest BCUT2D eigenvalue weighted by Gasteiger charge is 2.54. The fourth-order valence-electron chi connectivity index (χ4n) is 1.34. The molecule has 0 atom stereocenters. The molecule has 1 heterocycles. The standard InChI is InChI=1S/C7H6FN3O4/c8-5-4(11(14)15)3-10(9-5)7(1-2-7)6(12)13/h3H,1-2H2,(H,12,13). The molecule has 1 aliphatic rings. The fourth-order valence-corrected chi connectivity index (χ4v) is 1.34. The number of carboxylic acids is 1. The fraction of sp³-hybridized carbons (Fsp3) is 0.429. The highest BCUT2D eigenvalue weighted by molar-refractivity contribution is 5.79. The van der Waals surface area contributed by atoms with Crippen LogP contribution in [0.4, 0.5) is 10.1 Å². The third-order valence-corrected chi connectivity index (χ3v) is 2.41. The van der Waals surface area contributed by atoms with Crippen LogP contribution in [0.3, 0.4) is 0 Å². The SMILES string of the molecule is O=C(O)C1(n2cc([N+](=O)[O-])c(F)n2)CC1. The van der Waals surface area contributed by atoms with E-state index in [1.54, 1.807) is 0 Å². The number of nitro groups is 1. The molecule has 0 bridgehead atoms. The topological polar surface area (TPSA) is 98.3 Å². The molecule has 80 valence electrons. The molecule has 2 rings (SSSR count). The number of carbonyl (C=O) groups is 1. The Hall–Kier alpha value is -1.99. The summed E-state index contributed by atoms with van der Waals surface area (Å²) in [4.78, 5) is 20.2. The summed E-state index contributed by atoms with van der Waals surface area (Å²) in [6.45, 7) is 0. The van der Waals surface area contributed by atoms with E-state index in [1.165, 1.54) is 0 Å². The minimum absolute atomic E-state index is 0.306. The van der Waals surface area contributed by atoms with Crippen LogP contribution >= 0.6 is 0 Å². The van der Waals surface area contributed by atoms with Gasteiger partial charge in [-0.15, -0.1) is 5.10 Å². The smallest absolute Gasteiger partial charge is 0.343 e. The molecule has 0 aromatic carbocycles. The molecule has 0 spiro atoms. The molecular formula is C7H6FN3O4. The zero-order chi connectivity index (χ0) is 11.2. The Morgan fingerprint density at radius 2 is 2.33 bits per heavy atom. The zero-order valence-electron chi connectivity index (χ0n) is 7.38. The minimum Gasteiger partial charge on any atom is -0.479 e. The maximum absolute atomic E-state index is 12.9. The van der Waals surface area contributed by atoms with E-state index in [9.17, 15) is 19.3 Å². The van der Waals surface area contributed by atoms with Crippen LogP contribution in [0.5, 0.6) is 0 Å². The van der Waals surface area contributed by atoms with Crippen molar-refractivity contribution in [1.82, 2.24) is 9.78 Å². The Labute approximate surface area is 82.3 Å². The summed E-state index contributed by atoms with van der Waals surface area (Å²) < 4.78 is 13.7. The number of carboxylic acid groups (broad SMARTS) is 1. The first kappa shape index (κ1) is 9.56. The average molecular weight is 215 g/mol. The number of halogens is 1. The van der Waals surface area contributed by atoms with E-state index in [0.717, 1.165) is 10.9 Å². The highest BCUT2D eigenvalue weighted by Crippen LogP contribution is 2.44. The van der Waals surface area contributed by atoms with Crippen LogP contribution in [-0.4, -0.2) is 25.8 Å². The molecule has 0 amide bonds. The van der Waals surface area contributed by atoms with Crippen molar-refractivity contribution in [2.24, 2.45) is 0 Å². The van der Waals surface area contributed by atoms with Crippen molar-refractivity contribution in [3.63, 3.8) is 0 Å². The van der Waals surface area contributed by atoms with E-state index in [0.29, 0.717) is 12.8 Å². The normalized spacial score (nSPS) is 17.4. The van der Waals surface area contributed by atoms with Gasteiger partial charge in [0, 0.05) is 0 Å². The van der Waals surface area contributed by atoms with Gasteiger partial charge in [0.1, 0.15) is 6.20 Å². The van der Waals surface area contributed by atoms with Crippen LogP contribution in [-0.2, 0) is 10.3 Å². The molecule has 0 radical (unpaired) electrons. The first-order valence-corrected chi connectivity index (χ1v) is 4.11. The van der Waals surface area contributed by atoms with Gasteiger partial charge in [0.05, 0.1) is 4.92 Å². The number of rotatable bonds is 3. The quantitative estimate of drug-likeness (QED) is 0.584. The molecule has 1 aromatic rings. The van der Waals surface area contributed by atoms with Crippen LogP contribution in [0.1, 0.15) is 12.8 Å². The van der Waals surface area contributed by atoms with E-state index < -0.39 is 28.1 Å². The van der Waals surface area contributed by atoms with Crippen LogP contribution in [0.2, 0.25) is 0 Å². The van der Waals surface area contributed by atoms with E-state index in [4.69, 9.17) is 5.11 Å². The van der Waals surface area contributed by atoms with Gasteiger partial charge in [-0.25, -0.2) is 9.48 Å². The number of aromatic nitrogens is 2. The molecule has 15 heavy (non-hydrogen) atoms. The lowest BCUT2D eigenvalue weighted by Gasteiger charge is -2.07. The Balaban J connectivity index is 2.43. The summed E-state index contributed by atoms with van der Waals surface area (Å²) in [5.74, 6) is -2.41. The lowest BCUT2D eigenvalue weighted by molar-refractivity contribution is -0.387. The van der Waals surface area contributed by atoms with E-state index in [-0.39, 0.29) is 0 Å². The Morgan fingerprint density at radius 1 is 1.73 bits per heavy atom. The Bertz CT molecular complexity index is 451. The molecule has 8 heteroatoms. The monoisotopic (exact) mass is 215 g/mol. The molecule has 1 aromatic heterocycles. The van der Waals surface area contributed by atoms with Crippen molar-refractivity contribution >= 4 is 11.7 Å². The van der Waals surface area contributed by atoms with Crippen molar-refractivity contribution in [2.75, 3.05) is 0 Å². The van der Waals surface area contributed by atoms with Crippen LogP contribution in [0, 0.1) is 16.1 Å². The molecule has 1 aliphatic carbocycles. The maximum Gasteiger partial charge on any atom is 0.343 e. The largest absolute Gasteiger partial charge is 0.479 e. The predicted molar refractivity (Wildman–Crippen MR) is 43.7 cm³/mol. The number of hydrogen-bond donors (Lipinski definition) is 1. The van der Waals surface area contributed by atoms with E-state index in [2.05, 4.69) is 5.10 Å². The van der Waals surface area contributed by atoms with Gasteiger partial charge in [0.25, 0.3) is 0 Å². The highest BCUT2D eigenvalue weighted by atomic mass is 19.1. The number of hydrogen-bond acceptors (Lipinski definition) is 4. The third-order valence-electron chi connectivity index (χ3n) is 2.41. The molecule has 1 fully saturated rings. The lowest BCUT2D eigenvalue weighted by atomic mass is 10.3. The Kier molecular flexibility index (Phi) is 1.75. The van der Waals surface area contributed by atoms with Gasteiger partial charge in [-0.2, -0.15) is 4.39 Å². The average Bonchev–Trinajstić information content (AvgIpc) is 2.85. The van der Waals surface area contributed by atoms with Crippen molar-refractivity contribution < 1.29 is 19.2 Å². The van der Waals surface area contributed by atoms with Crippen LogP contribution in [0.15, 0.2) is 6.20 Å². The second kappa shape index (κ2) is 2.75. The van der Waals surface area contributed by atoms with Crippen molar-refractivity contribution in [2.45, 2.75) is 18.4 Å². The number of nitrogens with zero attached hydrogens (tertiary/aromatic N) is 3. The van der Waals surface area contributed by atoms with Crippen molar-refractivity contribution in [3.05, 3.63) is 22.3 Å². The predicted octanol–water partition coefficient (Wildman–Crippen LogP) is 0.504. The molecule has 0 unspecified atom stereocenters. The van der Waals surface area contributed by atoms with Crippen molar-refractivity contribution in [3.8, 4) is 0 Å². The van der Waals surface area contributed by atoms with Gasteiger partial charge in [0.2, 0.25) is 0 Å². The van der Waals surface area contributed by atoms with Gasteiger partial charge in [-0.1, -0.05) is 0 Å². The summed E-state index contributed by atoms with van der Waals surface area (Å²) in [6, 6.07) is 0. The molecule has 1 N–H and O–H groups in total. The first-order chi connectivity index (χ1) is 6.97. The van der Waals surface area contributed by atoms with Gasteiger partial charge in [0.15, 0.2) is 5.54 Å². The molecule has 7 nitrogen and oxygen atoms in total. The summed E-state index contributed by atoms with van der Waals surface area (Å²) in [5, 5.41) is 22.4. The zero-order valence-corrected chi connectivity index (χ0v) is 7.38. The van der Waals surface area contributed by atoms with Crippen LogP contribution in [0.25, 0.3) is 0 Å². The minimum atomic E-state index is -1.28. The maximum atomic E-state index is 12.9. The van der Waals surface area contributed by atoms with Gasteiger partial charge in [-0.3, -0.25) is 10.1 Å². The van der Waals surface area contributed by atoms with Crippen molar-refractivity contribution in [1.29, 1.82) is 0 Å².